The number of hydroxylamine groups is 1. The van der Waals surface area contributed by atoms with Crippen LogP contribution in [0.1, 0.15) is 59.8 Å². The summed E-state index contributed by atoms with van der Waals surface area (Å²) < 4.78 is 8.23. The Morgan fingerprint density at radius 2 is 1.83 bits per heavy atom. The molecule has 1 atom stereocenters. The molecule has 7 heteroatoms. The van der Waals surface area contributed by atoms with Crippen LogP contribution in [-0.4, -0.2) is 28.1 Å². The number of aromatic nitrogens is 2. The minimum absolute atomic E-state index is 0.0577. The number of halogens is 1. The fourth-order valence-electron chi connectivity index (χ4n) is 4.92. The molecule has 3 aliphatic rings. The van der Waals surface area contributed by atoms with Gasteiger partial charge in [0.1, 0.15) is 5.75 Å². The smallest absolute Gasteiger partial charge is 0.156 e. The lowest BCUT2D eigenvalue weighted by atomic mass is 10.0. The molecule has 36 heavy (non-hydrogen) atoms. The highest BCUT2D eigenvalue weighted by Crippen LogP contribution is 2.42. The SMILES string of the molecule is Clc1cc(C2CC2)ccc1C[C@@H]1CONC(c2cc3ccnn3cc2Oc2cccc(C3CC3)c2)=N1. The van der Waals surface area contributed by atoms with Crippen molar-refractivity contribution in [3.63, 3.8) is 0 Å². The molecule has 2 aliphatic carbocycles. The first-order valence-corrected chi connectivity index (χ1v) is 13.1. The number of nitrogens with zero attached hydrogens (tertiary/aromatic N) is 3. The second-order valence-electron chi connectivity index (χ2n) is 10.1. The zero-order valence-corrected chi connectivity index (χ0v) is 20.6. The third-order valence-corrected chi connectivity index (χ3v) is 7.58. The third-order valence-electron chi connectivity index (χ3n) is 7.23. The number of ether oxygens (including phenoxy) is 1. The number of hydrogen-bond donors (Lipinski definition) is 1. The van der Waals surface area contributed by atoms with E-state index in [1.165, 1.54) is 36.8 Å². The summed E-state index contributed by atoms with van der Waals surface area (Å²) in [7, 11) is 0. The number of nitrogens with one attached hydrogen (secondary N) is 1. The van der Waals surface area contributed by atoms with Gasteiger partial charge in [-0.05, 0) is 91.0 Å². The Hall–Kier alpha value is -3.35. The molecule has 4 aromatic rings. The maximum absolute atomic E-state index is 6.65. The van der Waals surface area contributed by atoms with Crippen LogP contribution in [0.5, 0.6) is 11.5 Å². The van der Waals surface area contributed by atoms with Crippen molar-refractivity contribution < 1.29 is 9.57 Å². The zero-order chi connectivity index (χ0) is 24.1. The number of hydrogen-bond acceptors (Lipinski definition) is 5. The number of benzene rings is 2. The van der Waals surface area contributed by atoms with Crippen LogP contribution in [0.2, 0.25) is 5.02 Å². The molecule has 0 unspecified atom stereocenters. The average Bonchev–Trinajstić information content (AvgIpc) is 3.82. The molecule has 6 nitrogen and oxygen atoms in total. The summed E-state index contributed by atoms with van der Waals surface area (Å²) >= 11 is 6.65. The summed E-state index contributed by atoms with van der Waals surface area (Å²) in [5.41, 5.74) is 8.58. The molecule has 2 aromatic carbocycles. The van der Waals surface area contributed by atoms with E-state index in [0.717, 1.165) is 27.4 Å². The van der Waals surface area contributed by atoms with Crippen molar-refractivity contribution in [2.45, 2.75) is 50.0 Å². The Bertz CT molecular complexity index is 1470. The fourth-order valence-corrected chi connectivity index (χ4v) is 5.19. The van der Waals surface area contributed by atoms with Crippen molar-refractivity contribution in [2.24, 2.45) is 4.99 Å². The second kappa shape index (κ2) is 8.95. The summed E-state index contributed by atoms with van der Waals surface area (Å²) in [6.45, 7) is 0.471. The zero-order valence-electron chi connectivity index (χ0n) is 19.9. The molecule has 182 valence electrons. The van der Waals surface area contributed by atoms with E-state index < -0.39 is 0 Å². The van der Waals surface area contributed by atoms with E-state index in [4.69, 9.17) is 26.2 Å². The van der Waals surface area contributed by atoms with Crippen LogP contribution >= 0.6 is 11.6 Å². The standard InChI is InChI=1S/C29H27ClN4O2/c30-27-14-21(19-6-7-19)8-9-22(27)12-23-17-35-33-29(32-23)26-15-24-10-11-31-34(24)16-28(26)36-25-3-1-2-20(13-25)18-4-5-18/h1-3,8-11,13-16,18-19,23H,4-7,12,17H2,(H,32,33)/t23-/m1/s1. The largest absolute Gasteiger partial charge is 0.455 e. The van der Waals surface area contributed by atoms with E-state index in [1.807, 2.05) is 28.9 Å². The Morgan fingerprint density at radius 3 is 2.64 bits per heavy atom. The summed E-state index contributed by atoms with van der Waals surface area (Å²) in [5, 5.41) is 5.21. The molecule has 1 N–H and O–H groups in total. The number of aliphatic imine (C=N–C) groups is 1. The normalized spacial score (nSPS) is 19.7. The monoisotopic (exact) mass is 498 g/mol. The summed E-state index contributed by atoms with van der Waals surface area (Å²) in [6.07, 6.45) is 9.42. The first kappa shape index (κ1) is 21.9. The molecule has 0 amide bonds. The van der Waals surface area contributed by atoms with Gasteiger partial charge in [0, 0.05) is 11.2 Å². The molecule has 0 radical (unpaired) electrons. The van der Waals surface area contributed by atoms with Gasteiger partial charge >= 0.3 is 0 Å². The van der Waals surface area contributed by atoms with Crippen LogP contribution in [0.4, 0.5) is 0 Å². The maximum Gasteiger partial charge on any atom is 0.156 e. The quantitative estimate of drug-likeness (QED) is 0.319. The minimum atomic E-state index is -0.0577. The Balaban J connectivity index is 1.19. The Labute approximate surface area is 214 Å². The number of amidine groups is 1. The van der Waals surface area contributed by atoms with Crippen molar-refractivity contribution >= 4 is 23.0 Å². The van der Waals surface area contributed by atoms with Crippen molar-refractivity contribution in [1.29, 1.82) is 0 Å². The molecular weight excluding hydrogens is 472 g/mol. The van der Waals surface area contributed by atoms with E-state index in [0.29, 0.717) is 36.4 Å². The average molecular weight is 499 g/mol. The van der Waals surface area contributed by atoms with E-state index >= 15 is 0 Å². The molecule has 0 spiro atoms. The Kier molecular flexibility index (Phi) is 5.44. The molecule has 0 bridgehead atoms. The summed E-state index contributed by atoms with van der Waals surface area (Å²) in [5.74, 6) is 3.47. The van der Waals surface area contributed by atoms with Crippen LogP contribution in [-0.2, 0) is 11.3 Å². The van der Waals surface area contributed by atoms with Crippen molar-refractivity contribution in [2.75, 3.05) is 6.61 Å². The van der Waals surface area contributed by atoms with E-state index in [-0.39, 0.29) is 6.04 Å². The molecule has 2 aromatic heterocycles. The molecular formula is C29H27ClN4O2. The highest BCUT2D eigenvalue weighted by atomic mass is 35.5. The van der Waals surface area contributed by atoms with Gasteiger partial charge in [0.2, 0.25) is 0 Å². The lowest BCUT2D eigenvalue weighted by molar-refractivity contribution is 0.0623. The number of fused-ring (bicyclic) bond motifs is 1. The van der Waals surface area contributed by atoms with Gasteiger partial charge in [-0.3, -0.25) is 9.83 Å². The molecule has 2 fully saturated rings. The van der Waals surface area contributed by atoms with Crippen LogP contribution in [0.25, 0.3) is 5.52 Å². The van der Waals surface area contributed by atoms with Crippen molar-refractivity contribution in [3.8, 4) is 11.5 Å². The summed E-state index contributed by atoms with van der Waals surface area (Å²) in [4.78, 5) is 10.8. The van der Waals surface area contributed by atoms with Crippen LogP contribution in [0, 0.1) is 0 Å². The van der Waals surface area contributed by atoms with Crippen LogP contribution in [0.3, 0.4) is 0 Å². The van der Waals surface area contributed by atoms with Gasteiger partial charge in [-0.2, -0.15) is 5.10 Å². The third kappa shape index (κ3) is 4.47. The van der Waals surface area contributed by atoms with E-state index in [1.54, 1.807) is 6.20 Å². The highest BCUT2D eigenvalue weighted by molar-refractivity contribution is 6.31. The Morgan fingerprint density at radius 1 is 1.00 bits per heavy atom. The van der Waals surface area contributed by atoms with Gasteiger partial charge in [0.05, 0.1) is 29.9 Å². The fraction of sp³-hybridized carbons (Fsp3) is 0.310. The van der Waals surface area contributed by atoms with Gasteiger partial charge in [-0.1, -0.05) is 35.9 Å². The minimum Gasteiger partial charge on any atom is -0.455 e. The molecule has 7 rings (SSSR count). The van der Waals surface area contributed by atoms with Gasteiger partial charge in [0.25, 0.3) is 0 Å². The van der Waals surface area contributed by atoms with Gasteiger partial charge in [-0.25, -0.2) is 10.00 Å². The number of rotatable bonds is 7. The first-order chi connectivity index (χ1) is 17.7. The predicted octanol–water partition coefficient (Wildman–Crippen LogP) is 6.43. The molecule has 1 aliphatic heterocycles. The first-order valence-electron chi connectivity index (χ1n) is 12.7. The lowest BCUT2D eigenvalue weighted by Gasteiger charge is -2.23. The molecule has 3 heterocycles. The highest BCUT2D eigenvalue weighted by Gasteiger charge is 2.26. The van der Waals surface area contributed by atoms with E-state index in [2.05, 4.69) is 47.0 Å². The van der Waals surface area contributed by atoms with E-state index in [9.17, 15) is 0 Å². The predicted molar refractivity (Wildman–Crippen MR) is 140 cm³/mol. The molecule has 0 saturated heterocycles. The van der Waals surface area contributed by atoms with Crippen molar-refractivity contribution in [1.82, 2.24) is 15.1 Å². The van der Waals surface area contributed by atoms with Gasteiger partial charge in [-0.15, -0.1) is 0 Å². The van der Waals surface area contributed by atoms with Crippen LogP contribution < -0.4 is 10.2 Å². The van der Waals surface area contributed by atoms with Crippen molar-refractivity contribution in [3.05, 3.63) is 94.3 Å². The number of pyridine rings is 1. The summed E-state index contributed by atoms with van der Waals surface area (Å²) in [6, 6.07) is 18.8. The second-order valence-corrected chi connectivity index (χ2v) is 10.5. The maximum atomic E-state index is 6.65. The lowest BCUT2D eigenvalue weighted by Crippen LogP contribution is -2.37. The van der Waals surface area contributed by atoms with Gasteiger partial charge in [0.15, 0.2) is 11.6 Å². The topological polar surface area (TPSA) is 60.2 Å². The van der Waals surface area contributed by atoms with Gasteiger partial charge < -0.3 is 4.74 Å². The van der Waals surface area contributed by atoms with Crippen LogP contribution in [0.15, 0.2) is 72.0 Å². The molecule has 2 saturated carbocycles.